The van der Waals surface area contributed by atoms with Gasteiger partial charge in [-0.25, -0.2) is 12.8 Å². The molecule has 10 heteroatoms. The summed E-state index contributed by atoms with van der Waals surface area (Å²) in [4.78, 5) is 16.3. The average Bonchev–Trinajstić information content (AvgIpc) is 2.88. The summed E-state index contributed by atoms with van der Waals surface area (Å²) in [6.45, 7) is 9.31. The topological polar surface area (TPSA) is 111 Å². The maximum absolute atomic E-state index is 13.6. The first kappa shape index (κ1) is 26.2. The zero-order chi connectivity index (χ0) is 24.1. The van der Waals surface area contributed by atoms with Crippen molar-refractivity contribution in [1.29, 1.82) is 5.26 Å². The number of nitriles is 1. The van der Waals surface area contributed by atoms with Gasteiger partial charge in [0.2, 0.25) is 15.9 Å². The van der Waals surface area contributed by atoms with E-state index in [0.29, 0.717) is 19.6 Å². The summed E-state index contributed by atoms with van der Waals surface area (Å²) >= 11 is 0. The Balaban J connectivity index is 2.16. The van der Waals surface area contributed by atoms with Crippen LogP contribution in [0.5, 0.6) is 0 Å². The van der Waals surface area contributed by atoms with Crippen LogP contribution in [-0.4, -0.2) is 79.3 Å². The number of nitrogens with zero attached hydrogens (tertiary/aromatic N) is 4. The fourth-order valence-electron chi connectivity index (χ4n) is 4.15. The molecule has 0 aliphatic carbocycles. The van der Waals surface area contributed by atoms with Crippen LogP contribution < -0.4 is 5.73 Å². The molecule has 2 N–H and O–H groups in total. The highest BCUT2D eigenvalue weighted by molar-refractivity contribution is 7.89. The lowest BCUT2D eigenvalue weighted by Crippen LogP contribution is -2.53. The Labute approximate surface area is 190 Å². The zero-order valence-corrected chi connectivity index (χ0v) is 20.1. The Morgan fingerprint density at radius 3 is 2.62 bits per heavy atom. The van der Waals surface area contributed by atoms with Crippen molar-refractivity contribution < 1.29 is 17.6 Å². The van der Waals surface area contributed by atoms with Crippen LogP contribution in [0.15, 0.2) is 29.2 Å². The average molecular weight is 468 g/mol. The van der Waals surface area contributed by atoms with Crippen molar-refractivity contribution >= 4 is 15.9 Å². The number of halogens is 1. The Morgan fingerprint density at radius 2 is 2.03 bits per heavy atom. The van der Waals surface area contributed by atoms with Crippen LogP contribution in [0.4, 0.5) is 4.39 Å². The molecule has 0 bridgehead atoms. The SMILES string of the molecule is CCCN(C(=O)C(N)CN1CC(C)CN(S(=O)(=O)c2cccc(F)c2)C(C)C1)C(C)C#N. The van der Waals surface area contributed by atoms with Crippen molar-refractivity contribution in [1.82, 2.24) is 14.1 Å². The largest absolute Gasteiger partial charge is 0.326 e. The van der Waals surface area contributed by atoms with Gasteiger partial charge in [0.05, 0.1) is 17.0 Å². The van der Waals surface area contributed by atoms with E-state index in [9.17, 15) is 22.9 Å². The number of carbonyl (C=O) groups is 1. The van der Waals surface area contributed by atoms with Gasteiger partial charge < -0.3 is 10.6 Å². The van der Waals surface area contributed by atoms with Crippen LogP contribution in [0, 0.1) is 23.1 Å². The fraction of sp³-hybridized carbons (Fsp3) is 0.636. The molecule has 2 rings (SSSR count). The number of hydrogen-bond acceptors (Lipinski definition) is 6. The summed E-state index contributed by atoms with van der Waals surface area (Å²) in [7, 11) is -3.87. The number of rotatable bonds is 8. The van der Waals surface area contributed by atoms with Crippen molar-refractivity contribution in [2.75, 3.05) is 32.7 Å². The molecule has 1 aliphatic rings. The van der Waals surface area contributed by atoms with Gasteiger partial charge in [-0.1, -0.05) is 19.9 Å². The normalized spacial score (nSPS) is 22.5. The maximum Gasteiger partial charge on any atom is 0.243 e. The lowest BCUT2D eigenvalue weighted by Gasteiger charge is -2.31. The van der Waals surface area contributed by atoms with Crippen molar-refractivity contribution in [3.63, 3.8) is 0 Å². The van der Waals surface area contributed by atoms with E-state index in [2.05, 4.69) is 6.07 Å². The minimum atomic E-state index is -3.87. The van der Waals surface area contributed by atoms with E-state index in [1.165, 1.54) is 27.4 Å². The summed E-state index contributed by atoms with van der Waals surface area (Å²) in [6.07, 6.45) is 0.717. The van der Waals surface area contributed by atoms with Gasteiger partial charge in [-0.3, -0.25) is 9.69 Å². The second-order valence-electron chi connectivity index (χ2n) is 8.65. The molecule has 1 fully saturated rings. The molecular formula is C22H34FN5O3S. The van der Waals surface area contributed by atoms with Gasteiger partial charge in [-0.2, -0.15) is 9.57 Å². The maximum atomic E-state index is 13.6. The van der Waals surface area contributed by atoms with Crippen LogP contribution in [-0.2, 0) is 14.8 Å². The van der Waals surface area contributed by atoms with Crippen molar-refractivity contribution in [2.45, 2.75) is 57.1 Å². The lowest BCUT2D eigenvalue weighted by molar-refractivity contribution is -0.134. The van der Waals surface area contributed by atoms with E-state index in [-0.39, 0.29) is 35.9 Å². The first-order valence-electron chi connectivity index (χ1n) is 11.0. The highest BCUT2D eigenvalue weighted by Gasteiger charge is 2.36. The highest BCUT2D eigenvalue weighted by atomic mass is 32.2. The molecule has 4 unspecified atom stereocenters. The van der Waals surface area contributed by atoms with Crippen molar-refractivity contribution in [2.24, 2.45) is 11.7 Å². The molecule has 178 valence electrons. The molecule has 0 aromatic heterocycles. The number of hydrogen-bond donors (Lipinski definition) is 1. The van der Waals surface area contributed by atoms with Gasteiger partial charge in [-0.05, 0) is 44.4 Å². The van der Waals surface area contributed by atoms with Gasteiger partial charge >= 0.3 is 0 Å². The summed E-state index contributed by atoms with van der Waals surface area (Å²) in [6, 6.07) is 5.34. The van der Waals surface area contributed by atoms with E-state index in [1.54, 1.807) is 13.8 Å². The van der Waals surface area contributed by atoms with Gasteiger partial charge in [0.1, 0.15) is 11.9 Å². The zero-order valence-electron chi connectivity index (χ0n) is 19.2. The van der Waals surface area contributed by atoms with Crippen LogP contribution in [0.3, 0.4) is 0 Å². The number of benzene rings is 1. The van der Waals surface area contributed by atoms with Gasteiger partial charge in [0.25, 0.3) is 0 Å². The van der Waals surface area contributed by atoms with Gasteiger partial charge in [0.15, 0.2) is 0 Å². The molecule has 32 heavy (non-hydrogen) atoms. The number of carbonyl (C=O) groups excluding carboxylic acids is 1. The summed E-state index contributed by atoms with van der Waals surface area (Å²) < 4.78 is 41.4. The molecule has 1 aliphatic heterocycles. The van der Waals surface area contributed by atoms with Crippen molar-refractivity contribution in [3.8, 4) is 6.07 Å². The standard InChI is InChI=1S/C22H34FN5O3S/c1-5-9-27(17(3)11-24)22(29)21(25)15-26-12-16(2)13-28(18(4)14-26)32(30,31)20-8-6-7-19(23)10-20/h6-8,10,16-18,21H,5,9,12-15,25H2,1-4H3. The molecule has 0 radical (unpaired) electrons. The molecule has 1 saturated heterocycles. The van der Waals surface area contributed by atoms with Crippen molar-refractivity contribution in [3.05, 3.63) is 30.1 Å². The summed E-state index contributed by atoms with van der Waals surface area (Å²) in [5, 5.41) is 9.23. The Bertz CT molecular complexity index is 936. The van der Waals surface area contributed by atoms with E-state index < -0.39 is 27.9 Å². The smallest absolute Gasteiger partial charge is 0.243 e. The molecule has 4 atom stereocenters. The molecular weight excluding hydrogens is 433 g/mol. The van der Waals surface area contributed by atoms with E-state index in [4.69, 9.17) is 5.73 Å². The Morgan fingerprint density at radius 1 is 1.34 bits per heavy atom. The van der Waals surface area contributed by atoms with Gasteiger partial charge in [0, 0.05) is 38.8 Å². The van der Waals surface area contributed by atoms with Crippen LogP contribution in [0.1, 0.15) is 34.1 Å². The predicted molar refractivity (Wildman–Crippen MR) is 120 cm³/mol. The van der Waals surface area contributed by atoms with E-state index in [1.807, 2.05) is 18.7 Å². The fourth-order valence-corrected chi connectivity index (χ4v) is 5.92. The van der Waals surface area contributed by atoms with Crippen LogP contribution in [0.2, 0.25) is 0 Å². The number of sulfonamides is 1. The third-order valence-electron chi connectivity index (χ3n) is 5.65. The monoisotopic (exact) mass is 467 g/mol. The quantitative estimate of drug-likeness (QED) is 0.622. The molecule has 1 heterocycles. The Hall–Kier alpha value is -2.06. The molecule has 1 aromatic carbocycles. The second-order valence-corrected chi connectivity index (χ2v) is 10.5. The van der Waals surface area contributed by atoms with E-state index >= 15 is 0 Å². The molecule has 1 aromatic rings. The third-order valence-corrected chi connectivity index (χ3v) is 7.63. The summed E-state index contributed by atoms with van der Waals surface area (Å²) in [5.41, 5.74) is 6.23. The third kappa shape index (κ3) is 6.25. The molecule has 0 saturated carbocycles. The predicted octanol–water partition coefficient (Wildman–Crippen LogP) is 1.63. The van der Waals surface area contributed by atoms with Crippen LogP contribution >= 0.6 is 0 Å². The first-order valence-corrected chi connectivity index (χ1v) is 12.4. The van der Waals surface area contributed by atoms with Crippen LogP contribution in [0.25, 0.3) is 0 Å². The first-order chi connectivity index (χ1) is 15.0. The number of nitrogens with two attached hydrogens (primary N) is 1. The summed E-state index contributed by atoms with van der Waals surface area (Å²) in [5.74, 6) is -0.902. The number of amides is 1. The minimum absolute atomic E-state index is 0.0182. The highest BCUT2D eigenvalue weighted by Crippen LogP contribution is 2.24. The molecule has 1 amide bonds. The minimum Gasteiger partial charge on any atom is -0.326 e. The molecule has 0 spiro atoms. The van der Waals surface area contributed by atoms with Gasteiger partial charge in [-0.15, -0.1) is 0 Å². The lowest BCUT2D eigenvalue weighted by atomic mass is 10.1. The van der Waals surface area contributed by atoms with E-state index in [0.717, 1.165) is 12.5 Å². The Kier molecular flexibility index (Phi) is 9.16. The molecule has 8 nitrogen and oxygen atoms in total. The second kappa shape index (κ2) is 11.2.